The summed E-state index contributed by atoms with van der Waals surface area (Å²) < 4.78 is 7.99. The number of nitrogens with zero attached hydrogens (tertiary/aromatic N) is 2. The van der Waals surface area contributed by atoms with Crippen molar-refractivity contribution in [1.29, 1.82) is 0 Å². The molecule has 0 aliphatic rings. The summed E-state index contributed by atoms with van der Waals surface area (Å²) in [5, 5.41) is 4.22. The Morgan fingerprint density at radius 3 is 2.65 bits per heavy atom. The van der Waals surface area contributed by atoms with E-state index in [0.717, 1.165) is 24.2 Å². The number of nitrogens with two attached hydrogens (primary N) is 1. The second-order valence-electron chi connectivity index (χ2n) is 5.02. The van der Waals surface area contributed by atoms with Crippen LogP contribution in [-0.4, -0.2) is 15.8 Å². The van der Waals surface area contributed by atoms with Gasteiger partial charge in [0.2, 0.25) is 0 Å². The van der Waals surface area contributed by atoms with Crippen LogP contribution in [0.15, 0.2) is 36.7 Å². The summed E-state index contributed by atoms with van der Waals surface area (Å²) in [4.78, 5) is 0. The van der Waals surface area contributed by atoms with Crippen LogP contribution in [0.25, 0.3) is 0 Å². The Hall–Kier alpha value is -1.81. The second kappa shape index (κ2) is 6.57. The Morgan fingerprint density at radius 1 is 1.30 bits per heavy atom. The van der Waals surface area contributed by atoms with Crippen LogP contribution in [0.4, 0.5) is 0 Å². The molecule has 0 fully saturated rings. The lowest BCUT2D eigenvalue weighted by atomic mass is 10.0. The van der Waals surface area contributed by atoms with Gasteiger partial charge in [0.05, 0.1) is 6.20 Å². The minimum absolute atomic E-state index is 0.0517. The van der Waals surface area contributed by atoms with Crippen molar-refractivity contribution >= 4 is 0 Å². The molecule has 2 aromatic rings. The number of rotatable bonds is 6. The molecule has 0 radical (unpaired) electrons. The molecule has 0 bridgehead atoms. The van der Waals surface area contributed by atoms with E-state index in [2.05, 4.69) is 25.0 Å². The molecule has 108 valence electrons. The summed E-state index contributed by atoms with van der Waals surface area (Å²) >= 11 is 0. The van der Waals surface area contributed by atoms with Crippen molar-refractivity contribution in [2.45, 2.75) is 38.8 Å². The van der Waals surface area contributed by atoms with E-state index < -0.39 is 0 Å². The van der Waals surface area contributed by atoms with Crippen molar-refractivity contribution in [3.8, 4) is 5.75 Å². The summed E-state index contributed by atoms with van der Waals surface area (Å²) in [5.74, 6) is 0.910. The van der Waals surface area contributed by atoms with Gasteiger partial charge in [-0.1, -0.05) is 32.0 Å². The van der Waals surface area contributed by atoms with Crippen molar-refractivity contribution in [2.24, 2.45) is 12.8 Å². The zero-order valence-electron chi connectivity index (χ0n) is 12.4. The van der Waals surface area contributed by atoms with Crippen LogP contribution in [0.2, 0.25) is 0 Å². The fourth-order valence-corrected chi connectivity index (χ4v) is 2.25. The summed E-state index contributed by atoms with van der Waals surface area (Å²) in [5.41, 5.74) is 8.46. The largest absolute Gasteiger partial charge is 0.484 e. The number of para-hydroxylation sites is 1. The van der Waals surface area contributed by atoms with Gasteiger partial charge in [-0.2, -0.15) is 5.10 Å². The highest BCUT2D eigenvalue weighted by Crippen LogP contribution is 2.28. The number of ether oxygens (including phenoxy) is 1. The molecule has 0 aliphatic carbocycles. The van der Waals surface area contributed by atoms with Gasteiger partial charge in [0.1, 0.15) is 11.9 Å². The number of aryl methyl sites for hydroxylation is 2. The SMILES string of the molecule is CCc1ccccc1OC(c1cnn(C)c1)C(N)CC. The molecule has 0 aliphatic heterocycles. The summed E-state index contributed by atoms with van der Waals surface area (Å²) in [6.07, 6.45) is 5.43. The van der Waals surface area contributed by atoms with Crippen LogP contribution < -0.4 is 10.5 Å². The molecule has 4 heteroatoms. The van der Waals surface area contributed by atoms with E-state index in [-0.39, 0.29) is 12.1 Å². The second-order valence-corrected chi connectivity index (χ2v) is 5.02. The van der Waals surface area contributed by atoms with Gasteiger partial charge in [-0.15, -0.1) is 0 Å². The molecule has 2 unspecified atom stereocenters. The molecular weight excluding hydrogens is 250 g/mol. The van der Waals surface area contributed by atoms with E-state index in [9.17, 15) is 0 Å². The van der Waals surface area contributed by atoms with Gasteiger partial charge in [-0.3, -0.25) is 4.68 Å². The van der Waals surface area contributed by atoms with Crippen LogP contribution in [0, 0.1) is 0 Å². The van der Waals surface area contributed by atoms with Gasteiger partial charge in [-0.25, -0.2) is 0 Å². The van der Waals surface area contributed by atoms with E-state index in [1.54, 1.807) is 4.68 Å². The number of aromatic nitrogens is 2. The number of hydrogen-bond donors (Lipinski definition) is 1. The average Bonchev–Trinajstić information content (AvgIpc) is 2.90. The van der Waals surface area contributed by atoms with Crippen LogP contribution in [0.1, 0.15) is 37.5 Å². The normalized spacial score (nSPS) is 14.0. The fourth-order valence-electron chi connectivity index (χ4n) is 2.25. The highest BCUT2D eigenvalue weighted by Gasteiger charge is 2.22. The molecule has 0 amide bonds. The Morgan fingerprint density at radius 2 is 2.05 bits per heavy atom. The Labute approximate surface area is 120 Å². The zero-order chi connectivity index (χ0) is 14.5. The topological polar surface area (TPSA) is 53.1 Å². The zero-order valence-corrected chi connectivity index (χ0v) is 12.4. The van der Waals surface area contributed by atoms with Gasteiger partial charge in [0.15, 0.2) is 0 Å². The number of hydrogen-bond acceptors (Lipinski definition) is 3. The first kappa shape index (κ1) is 14.6. The minimum Gasteiger partial charge on any atom is -0.484 e. The first-order valence-electron chi connectivity index (χ1n) is 7.14. The van der Waals surface area contributed by atoms with Gasteiger partial charge in [0, 0.05) is 24.8 Å². The van der Waals surface area contributed by atoms with E-state index in [1.165, 1.54) is 5.56 Å². The lowest BCUT2D eigenvalue weighted by Crippen LogP contribution is -2.31. The Kier molecular flexibility index (Phi) is 4.79. The molecule has 2 atom stereocenters. The molecule has 1 aromatic carbocycles. The van der Waals surface area contributed by atoms with Crippen molar-refractivity contribution in [3.63, 3.8) is 0 Å². The molecule has 1 heterocycles. The van der Waals surface area contributed by atoms with Gasteiger partial charge in [-0.05, 0) is 24.5 Å². The van der Waals surface area contributed by atoms with Crippen molar-refractivity contribution < 1.29 is 4.74 Å². The predicted molar refractivity (Wildman–Crippen MR) is 80.7 cm³/mol. The third kappa shape index (κ3) is 3.20. The van der Waals surface area contributed by atoms with Crippen LogP contribution in [0.3, 0.4) is 0 Å². The number of benzene rings is 1. The van der Waals surface area contributed by atoms with Crippen LogP contribution >= 0.6 is 0 Å². The third-order valence-corrected chi connectivity index (χ3v) is 3.52. The summed E-state index contributed by atoms with van der Waals surface area (Å²) in [6.45, 7) is 4.20. The fraction of sp³-hybridized carbons (Fsp3) is 0.438. The molecule has 0 saturated heterocycles. The van der Waals surface area contributed by atoms with Crippen molar-refractivity contribution in [2.75, 3.05) is 0 Å². The van der Waals surface area contributed by atoms with E-state index in [1.807, 2.05) is 37.6 Å². The van der Waals surface area contributed by atoms with Crippen molar-refractivity contribution in [3.05, 3.63) is 47.8 Å². The van der Waals surface area contributed by atoms with Crippen LogP contribution in [0.5, 0.6) is 5.75 Å². The summed E-state index contributed by atoms with van der Waals surface area (Å²) in [7, 11) is 1.90. The maximum atomic E-state index is 6.24. The molecule has 2 rings (SSSR count). The monoisotopic (exact) mass is 273 g/mol. The molecular formula is C16H23N3O. The molecule has 0 saturated carbocycles. The summed E-state index contributed by atoms with van der Waals surface area (Å²) in [6, 6.07) is 8.07. The van der Waals surface area contributed by atoms with Gasteiger partial charge in [0.25, 0.3) is 0 Å². The molecule has 0 spiro atoms. The highest BCUT2D eigenvalue weighted by molar-refractivity contribution is 5.34. The van der Waals surface area contributed by atoms with Gasteiger partial charge < -0.3 is 10.5 Å². The lowest BCUT2D eigenvalue weighted by molar-refractivity contribution is 0.169. The molecule has 1 aromatic heterocycles. The van der Waals surface area contributed by atoms with Crippen LogP contribution in [-0.2, 0) is 13.5 Å². The van der Waals surface area contributed by atoms with E-state index in [0.29, 0.717) is 0 Å². The maximum absolute atomic E-state index is 6.24. The quantitative estimate of drug-likeness (QED) is 0.880. The standard InChI is InChI=1S/C16H23N3O/c1-4-12-8-6-7-9-15(12)20-16(14(17)5-2)13-10-18-19(3)11-13/h6-11,14,16H,4-5,17H2,1-3H3. The first-order chi connectivity index (χ1) is 9.65. The first-order valence-corrected chi connectivity index (χ1v) is 7.14. The molecule has 4 nitrogen and oxygen atoms in total. The Bertz CT molecular complexity index is 550. The maximum Gasteiger partial charge on any atom is 0.142 e. The molecule has 2 N–H and O–H groups in total. The van der Waals surface area contributed by atoms with Crippen molar-refractivity contribution in [1.82, 2.24) is 9.78 Å². The average molecular weight is 273 g/mol. The molecule has 20 heavy (non-hydrogen) atoms. The van der Waals surface area contributed by atoms with E-state index >= 15 is 0 Å². The van der Waals surface area contributed by atoms with Gasteiger partial charge >= 0.3 is 0 Å². The third-order valence-electron chi connectivity index (χ3n) is 3.52. The Balaban J connectivity index is 2.28. The predicted octanol–water partition coefficient (Wildman–Crippen LogP) is 2.84. The smallest absolute Gasteiger partial charge is 0.142 e. The lowest BCUT2D eigenvalue weighted by Gasteiger charge is -2.24. The van der Waals surface area contributed by atoms with E-state index in [4.69, 9.17) is 10.5 Å². The minimum atomic E-state index is -0.165. The highest BCUT2D eigenvalue weighted by atomic mass is 16.5.